The van der Waals surface area contributed by atoms with Crippen molar-refractivity contribution in [3.05, 3.63) is 44.9 Å². The lowest BCUT2D eigenvalue weighted by atomic mass is 10.2. The lowest BCUT2D eigenvalue weighted by molar-refractivity contribution is 0.305. The lowest BCUT2D eigenvalue weighted by Crippen LogP contribution is -2.05. The van der Waals surface area contributed by atoms with Gasteiger partial charge in [0.2, 0.25) is 0 Å². The summed E-state index contributed by atoms with van der Waals surface area (Å²) in [6.07, 6.45) is 2.54. The SMILES string of the molecule is CNCc1sc(COc2ccccc2Cl)nc1C1CC1. The molecule has 5 heteroatoms. The van der Waals surface area contributed by atoms with E-state index in [1.165, 1.54) is 23.4 Å². The second-order valence-electron chi connectivity index (χ2n) is 4.94. The van der Waals surface area contributed by atoms with E-state index in [1.54, 1.807) is 11.3 Å². The number of thiazole rings is 1. The van der Waals surface area contributed by atoms with E-state index in [4.69, 9.17) is 21.3 Å². The monoisotopic (exact) mass is 308 g/mol. The van der Waals surface area contributed by atoms with Crippen LogP contribution in [0.25, 0.3) is 0 Å². The topological polar surface area (TPSA) is 34.1 Å². The molecule has 1 aromatic carbocycles. The molecule has 3 nitrogen and oxygen atoms in total. The molecule has 1 aromatic heterocycles. The van der Waals surface area contributed by atoms with Crippen molar-refractivity contribution in [2.24, 2.45) is 0 Å². The number of nitrogens with zero attached hydrogens (tertiary/aromatic N) is 1. The summed E-state index contributed by atoms with van der Waals surface area (Å²) in [5, 5.41) is 4.88. The molecule has 1 aliphatic carbocycles. The highest BCUT2D eigenvalue weighted by molar-refractivity contribution is 7.11. The molecule has 0 aliphatic heterocycles. The van der Waals surface area contributed by atoms with Crippen molar-refractivity contribution < 1.29 is 4.74 Å². The smallest absolute Gasteiger partial charge is 0.140 e. The number of benzene rings is 1. The largest absolute Gasteiger partial charge is 0.485 e. The summed E-state index contributed by atoms with van der Waals surface area (Å²) in [5.41, 5.74) is 1.27. The van der Waals surface area contributed by atoms with Gasteiger partial charge in [-0.15, -0.1) is 11.3 Å². The number of nitrogens with one attached hydrogen (secondary N) is 1. The first-order valence-electron chi connectivity index (χ1n) is 6.78. The molecule has 0 unspecified atom stereocenters. The van der Waals surface area contributed by atoms with Gasteiger partial charge in [-0.2, -0.15) is 0 Å². The third-order valence-electron chi connectivity index (χ3n) is 3.26. The van der Waals surface area contributed by atoms with E-state index >= 15 is 0 Å². The standard InChI is InChI=1S/C15H17ClN2OS/c1-17-8-13-15(10-6-7-10)18-14(20-13)9-19-12-5-3-2-4-11(12)16/h2-5,10,17H,6-9H2,1H3. The van der Waals surface area contributed by atoms with Gasteiger partial charge in [0, 0.05) is 17.3 Å². The predicted octanol–water partition coefficient (Wildman–Crippen LogP) is 3.97. The van der Waals surface area contributed by atoms with E-state index in [0.717, 1.165) is 11.6 Å². The van der Waals surface area contributed by atoms with E-state index in [-0.39, 0.29) is 0 Å². The van der Waals surface area contributed by atoms with Gasteiger partial charge in [0.15, 0.2) is 0 Å². The van der Waals surface area contributed by atoms with Crippen LogP contribution in [-0.2, 0) is 13.2 Å². The Morgan fingerprint density at radius 1 is 1.40 bits per heavy atom. The molecule has 3 rings (SSSR count). The van der Waals surface area contributed by atoms with Crippen molar-refractivity contribution >= 4 is 22.9 Å². The van der Waals surface area contributed by atoms with Gasteiger partial charge in [-0.05, 0) is 32.0 Å². The van der Waals surface area contributed by atoms with Gasteiger partial charge in [0.05, 0.1) is 10.7 Å². The van der Waals surface area contributed by atoms with Gasteiger partial charge >= 0.3 is 0 Å². The van der Waals surface area contributed by atoms with Crippen LogP contribution in [0.5, 0.6) is 5.75 Å². The fourth-order valence-electron chi connectivity index (χ4n) is 2.14. The molecule has 1 aliphatic rings. The third kappa shape index (κ3) is 3.14. The molecule has 1 N–H and O–H groups in total. The minimum atomic E-state index is 0.484. The number of ether oxygens (including phenoxy) is 1. The predicted molar refractivity (Wildman–Crippen MR) is 82.6 cm³/mol. The highest BCUT2D eigenvalue weighted by Crippen LogP contribution is 2.42. The van der Waals surface area contributed by atoms with Crippen molar-refractivity contribution in [1.29, 1.82) is 0 Å². The normalized spacial score (nSPS) is 14.5. The third-order valence-corrected chi connectivity index (χ3v) is 4.62. The van der Waals surface area contributed by atoms with Crippen LogP contribution in [0.3, 0.4) is 0 Å². The average molecular weight is 309 g/mol. The Balaban J connectivity index is 1.71. The number of hydrogen-bond donors (Lipinski definition) is 1. The maximum absolute atomic E-state index is 6.09. The minimum Gasteiger partial charge on any atom is -0.485 e. The first kappa shape index (κ1) is 13.9. The number of hydrogen-bond acceptors (Lipinski definition) is 4. The number of para-hydroxylation sites is 1. The first-order valence-corrected chi connectivity index (χ1v) is 7.97. The van der Waals surface area contributed by atoms with Crippen LogP contribution in [0.4, 0.5) is 0 Å². The van der Waals surface area contributed by atoms with Crippen LogP contribution in [-0.4, -0.2) is 12.0 Å². The maximum atomic E-state index is 6.09. The molecule has 0 saturated heterocycles. The molecule has 20 heavy (non-hydrogen) atoms. The van der Waals surface area contributed by atoms with Crippen LogP contribution in [0, 0.1) is 0 Å². The molecule has 1 saturated carbocycles. The van der Waals surface area contributed by atoms with E-state index in [2.05, 4.69) is 5.32 Å². The Bertz CT molecular complexity index is 595. The lowest BCUT2D eigenvalue weighted by Gasteiger charge is -2.05. The Morgan fingerprint density at radius 2 is 2.20 bits per heavy atom. The molecule has 106 valence electrons. The molecule has 0 radical (unpaired) electrons. The van der Waals surface area contributed by atoms with E-state index in [9.17, 15) is 0 Å². The Hall–Kier alpha value is -1.10. The minimum absolute atomic E-state index is 0.484. The van der Waals surface area contributed by atoms with Crippen molar-refractivity contribution in [3.63, 3.8) is 0 Å². The van der Waals surface area contributed by atoms with Crippen molar-refractivity contribution in [2.45, 2.75) is 31.9 Å². The molecule has 0 amide bonds. The second-order valence-corrected chi connectivity index (χ2v) is 6.52. The molecule has 2 aromatic rings. The van der Waals surface area contributed by atoms with Gasteiger partial charge in [-0.1, -0.05) is 23.7 Å². The van der Waals surface area contributed by atoms with Crippen LogP contribution in [0.15, 0.2) is 24.3 Å². The first-order chi connectivity index (χ1) is 9.78. The summed E-state index contributed by atoms with van der Waals surface area (Å²) < 4.78 is 5.77. The van der Waals surface area contributed by atoms with Crippen molar-refractivity contribution in [1.82, 2.24) is 10.3 Å². The van der Waals surface area contributed by atoms with Gasteiger partial charge in [0.25, 0.3) is 0 Å². The highest BCUT2D eigenvalue weighted by Gasteiger charge is 2.29. The zero-order valence-corrected chi connectivity index (χ0v) is 12.9. The summed E-state index contributed by atoms with van der Waals surface area (Å²) in [5.74, 6) is 1.39. The molecule has 1 fully saturated rings. The maximum Gasteiger partial charge on any atom is 0.140 e. The van der Waals surface area contributed by atoms with Gasteiger partial charge in [-0.3, -0.25) is 0 Å². The summed E-state index contributed by atoms with van der Waals surface area (Å²) in [6.45, 7) is 1.37. The van der Waals surface area contributed by atoms with Gasteiger partial charge < -0.3 is 10.1 Å². The van der Waals surface area contributed by atoms with Crippen LogP contribution in [0.1, 0.15) is 34.3 Å². The Kier molecular flexibility index (Phi) is 4.24. The average Bonchev–Trinajstić information content (AvgIpc) is 3.21. The zero-order valence-electron chi connectivity index (χ0n) is 11.4. The summed E-state index contributed by atoms with van der Waals surface area (Å²) >= 11 is 7.82. The number of rotatable bonds is 6. The van der Waals surface area contributed by atoms with Crippen molar-refractivity contribution in [2.75, 3.05) is 7.05 Å². The Labute approximate surface area is 127 Å². The second kappa shape index (κ2) is 6.12. The quantitative estimate of drug-likeness (QED) is 0.876. The van der Waals surface area contributed by atoms with Crippen molar-refractivity contribution in [3.8, 4) is 5.75 Å². The molecular formula is C15H17ClN2OS. The summed E-state index contributed by atoms with van der Waals surface area (Å²) in [4.78, 5) is 6.09. The molecular weight excluding hydrogens is 292 g/mol. The Morgan fingerprint density at radius 3 is 2.90 bits per heavy atom. The van der Waals surface area contributed by atoms with Gasteiger partial charge in [0.1, 0.15) is 17.4 Å². The number of aromatic nitrogens is 1. The molecule has 0 atom stereocenters. The molecule has 0 spiro atoms. The number of halogens is 1. The van der Waals surface area contributed by atoms with Crippen LogP contribution >= 0.6 is 22.9 Å². The van der Waals surface area contributed by atoms with E-state index in [1.807, 2.05) is 31.3 Å². The van der Waals surface area contributed by atoms with Crippen LogP contribution < -0.4 is 10.1 Å². The molecule has 1 heterocycles. The summed E-state index contributed by atoms with van der Waals surface area (Å²) in [6, 6.07) is 7.53. The zero-order chi connectivity index (χ0) is 13.9. The van der Waals surface area contributed by atoms with Gasteiger partial charge in [-0.25, -0.2) is 4.98 Å². The van der Waals surface area contributed by atoms with Crippen LogP contribution in [0.2, 0.25) is 5.02 Å². The molecule has 0 bridgehead atoms. The van der Waals surface area contributed by atoms with E-state index in [0.29, 0.717) is 23.3 Å². The summed E-state index contributed by atoms with van der Waals surface area (Å²) in [7, 11) is 1.97. The fourth-order valence-corrected chi connectivity index (χ4v) is 3.41. The van der Waals surface area contributed by atoms with E-state index < -0.39 is 0 Å². The fraction of sp³-hybridized carbons (Fsp3) is 0.400. The highest BCUT2D eigenvalue weighted by atomic mass is 35.5.